The van der Waals surface area contributed by atoms with E-state index in [0.717, 1.165) is 23.6 Å². The van der Waals surface area contributed by atoms with Crippen LogP contribution in [0, 0.1) is 29.6 Å². The highest BCUT2D eigenvalue weighted by molar-refractivity contribution is 7.81. The van der Waals surface area contributed by atoms with Gasteiger partial charge in [0.05, 0.1) is 11.9 Å². The number of primary amides is 1. The van der Waals surface area contributed by atoms with Crippen molar-refractivity contribution in [2.75, 3.05) is 5.75 Å². The van der Waals surface area contributed by atoms with Gasteiger partial charge in [-0.2, -0.15) is 12.6 Å². The average molecular weight is 618 g/mol. The van der Waals surface area contributed by atoms with Gasteiger partial charge in [-0.15, -0.1) is 0 Å². The summed E-state index contributed by atoms with van der Waals surface area (Å²) in [5.74, 6) is -2.26. The van der Waals surface area contributed by atoms with Crippen molar-refractivity contribution >= 4 is 36.3 Å². The van der Waals surface area contributed by atoms with E-state index in [9.17, 15) is 24.3 Å². The molecule has 0 aromatic heterocycles. The standard InChI is InChI=1S/C32H46O6.C2H5NOS/c1-20(16-22(3)12-14-28-24(5)13-15-30(35)38-28)10-9-11-21(2)17-25(6)31(36)27(8)32(37)26(7)18-23(4)19-29(33)34;3-2(4)1-5/h9,11-17,19-20,24-28,32,37H,10,18H2,1-8H3,(H,33,34);5H,1H2,(H2,3,4)/b11-9+,14-12+,21-17+,22-16-,23-19+;/t20?,24-,25?,26?,27?,28-,32?;/m0./s1. The molecule has 0 saturated heterocycles. The number of nitrogens with two attached hydrogens (primary N) is 1. The second kappa shape index (κ2) is 20.7. The fraction of sp³-hybridized carbons (Fsp3) is 0.529. The third-order valence-corrected chi connectivity index (χ3v) is 7.28. The van der Waals surface area contributed by atoms with Crippen LogP contribution in [0.25, 0.3) is 0 Å². The smallest absolute Gasteiger partial charge is 0.331 e. The summed E-state index contributed by atoms with van der Waals surface area (Å²) < 4.78 is 5.34. The second-order valence-corrected chi connectivity index (χ2v) is 11.8. The summed E-state index contributed by atoms with van der Waals surface area (Å²) in [7, 11) is 0. The Morgan fingerprint density at radius 3 is 2.21 bits per heavy atom. The molecule has 7 atom stereocenters. The molecule has 0 aromatic carbocycles. The van der Waals surface area contributed by atoms with Gasteiger partial charge in [-0.1, -0.05) is 87.8 Å². The number of aliphatic hydroxyl groups is 1. The molecular weight excluding hydrogens is 566 g/mol. The van der Waals surface area contributed by atoms with Crippen LogP contribution >= 0.6 is 12.6 Å². The number of allylic oxidation sites excluding steroid dienone is 8. The summed E-state index contributed by atoms with van der Waals surface area (Å²) in [6.07, 6.45) is 16.8. The fourth-order valence-electron chi connectivity index (χ4n) is 4.63. The Labute approximate surface area is 262 Å². The molecule has 0 fully saturated rings. The number of hydrogen-bond acceptors (Lipinski definition) is 7. The lowest BCUT2D eigenvalue weighted by Gasteiger charge is -2.25. The molecule has 43 heavy (non-hydrogen) atoms. The van der Waals surface area contributed by atoms with E-state index in [0.29, 0.717) is 17.9 Å². The molecule has 240 valence electrons. The van der Waals surface area contributed by atoms with Crippen molar-refractivity contribution in [3.8, 4) is 0 Å². The van der Waals surface area contributed by atoms with E-state index in [1.807, 2.05) is 65.0 Å². The molecule has 1 heterocycles. The maximum atomic E-state index is 12.9. The third-order valence-electron chi connectivity index (χ3n) is 6.97. The normalized spacial score (nSPS) is 21.4. The lowest BCUT2D eigenvalue weighted by Crippen LogP contribution is -2.34. The topological polar surface area (TPSA) is 144 Å². The number of ketones is 1. The highest BCUT2D eigenvalue weighted by Crippen LogP contribution is 2.24. The number of carboxylic acids is 1. The molecule has 1 rings (SSSR count). The maximum absolute atomic E-state index is 12.9. The van der Waals surface area contributed by atoms with E-state index in [1.165, 1.54) is 6.08 Å². The minimum Gasteiger partial charge on any atom is -0.478 e. The minimum atomic E-state index is -1.01. The Morgan fingerprint density at radius 1 is 1.07 bits per heavy atom. The Bertz CT molecular complexity index is 1130. The summed E-state index contributed by atoms with van der Waals surface area (Å²) in [5.41, 5.74) is 7.32. The van der Waals surface area contributed by atoms with Crippen LogP contribution in [0.3, 0.4) is 0 Å². The van der Waals surface area contributed by atoms with Gasteiger partial charge in [-0.3, -0.25) is 9.59 Å². The van der Waals surface area contributed by atoms with Gasteiger partial charge >= 0.3 is 11.9 Å². The first-order chi connectivity index (χ1) is 20.0. The molecule has 1 aliphatic rings. The quantitative estimate of drug-likeness (QED) is 0.0787. The molecular formula is C34H51NO7S. The first kappa shape index (κ1) is 39.8. The molecule has 9 heteroatoms. The monoisotopic (exact) mass is 617 g/mol. The molecule has 0 radical (unpaired) electrons. The zero-order valence-corrected chi connectivity index (χ0v) is 27.7. The van der Waals surface area contributed by atoms with Crippen molar-refractivity contribution < 1.29 is 34.1 Å². The number of thiol groups is 1. The van der Waals surface area contributed by atoms with E-state index in [4.69, 9.17) is 9.84 Å². The predicted molar refractivity (Wildman–Crippen MR) is 175 cm³/mol. The minimum absolute atomic E-state index is 0.0378. The van der Waals surface area contributed by atoms with Crippen molar-refractivity contribution in [3.63, 3.8) is 0 Å². The number of amides is 1. The number of hydrogen-bond donors (Lipinski definition) is 4. The van der Waals surface area contributed by atoms with Crippen molar-refractivity contribution in [3.05, 3.63) is 71.4 Å². The van der Waals surface area contributed by atoms with Crippen LogP contribution in [0.2, 0.25) is 0 Å². The second-order valence-electron chi connectivity index (χ2n) is 11.5. The zero-order valence-electron chi connectivity index (χ0n) is 26.8. The van der Waals surface area contributed by atoms with Crippen molar-refractivity contribution in [1.82, 2.24) is 0 Å². The lowest BCUT2D eigenvalue weighted by atomic mass is 9.83. The van der Waals surface area contributed by atoms with Crippen LogP contribution in [0.15, 0.2) is 71.4 Å². The Kier molecular flexibility index (Phi) is 19.2. The number of ether oxygens (including phenoxy) is 1. The number of aliphatic hydroxyl groups excluding tert-OH is 1. The van der Waals surface area contributed by atoms with Crippen molar-refractivity contribution in [1.29, 1.82) is 0 Å². The largest absolute Gasteiger partial charge is 0.478 e. The van der Waals surface area contributed by atoms with Crippen LogP contribution in [0.5, 0.6) is 0 Å². The number of carbonyl (C=O) groups is 4. The summed E-state index contributed by atoms with van der Waals surface area (Å²) >= 11 is 3.54. The molecule has 1 amide bonds. The van der Waals surface area contributed by atoms with Gasteiger partial charge in [0.2, 0.25) is 5.91 Å². The molecule has 0 spiro atoms. The van der Waals surface area contributed by atoms with Gasteiger partial charge in [0.1, 0.15) is 11.9 Å². The predicted octanol–water partition coefficient (Wildman–Crippen LogP) is 5.80. The SMILES string of the molecule is CC(=C/C(C)C/C=C/C(C)=C/C(C)C(=O)C(C)C(O)C(C)C/C(C)=C/C(=O)O)/C=C/[C@@H]1OC(=O)C=C[C@@H]1C.NC(=O)CS. The van der Waals surface area contributed by atoms with Gasteiger partial charge in [0, 0.05) is 29.9 Å². The fourth-order valence-corrected chi connectivity index (χ4v) is 4.63. The molecule has 1 aliphatic heterocycles. The molecule has 4 N–H and O–H groups in total. The van der Waals surface area contributed by atoms with E-state index < -0.39 is 18.0 Å². The van der Waals surface area contributed by atoms with Crippen LogP contribution in [0.4, 0.5) is 0 Å². The van der Waals surface area contributed by atoms with E-state index in [-0.39, 0.29) is 47.3 Å². The molecule has 5 unspecified atom stereocenters. The third kappa shape index (κ3) is 17.5. The van der Waals surface area contributed by atoms with Gasteiger partial charge in [0.15, 0.2) is 0 Å². The van der Waals surface area contributed by atoms with Gasteiger partial charge in [-0.05, 0) is 51.5 Å². The number of Topliss-reactive ketones (excluding diaryl/α,β-unsaturated/α-hetero) is 1. The van der Waals surface area contributed by atoms with Gasteiger partial charge in [-0.25, -0.2) is 9.59 Å². The number of cyclic esters (lactones) is 1. The van der Waals surface area contributed by atoms with Gasteiger partial charge in [0.25, 0.3) is 0 Å². The maximum Gasteiger partial charge on any atom is 0.331 e. The summed E-state index contributed by atoms with van der Waals surface area (Å²) in [5, 5.41) is 19.5. The molecule has 0 bridgehead atoms. The summed E-state index contributed by atoms with van der Waals surface area (Å²) in [4.78, 5) is 44.7. The highest BCUT2D eigenvalue weighted by Gasteiger charge is 2.29. The average Bonchev–Trinajstić information content (AvgIpc) is 2.91. The zero-order chi connectivity index (χ0) is 33.3. The Hall–Kier alpha value is -3.17. The number of rotatable bonds is 15. The van der Waals surface area contributed by atoms with E-state index in [2.05, 4.69) is 37.4 Å². The molecule has 0 saturated carbocycles. The van der Waals surface area contributed by atoms with Crippen molar-refractivity contribution in [2.45, 2.75) is 80.4 Å². The molecule has 0 aromatic rings. The molecule has 0 aliphatic carbocycles. The molecule has 8 nitrogen and oxygen atoms in total. The summed E-state index contributed by atoms with van der Waals surface area (Å²) in [6.45, 7) is 15.3. The van der Waals surface area contributed by atoms with Crippen LogP contribution in [0.1, 0.15) is 68.2 Å². The van der Waals surface area contributed by atoms with E-state index in [1.54, 1.807) is 13.8 Å². The Balaban J connectivity index is 0.00000324. The van der Waals surface area contributed by atoms with Crippen LogP contribution < -0.4 is 5.73 Å². The summed E-state index contributed by atoms with van der Waals surface area (Å²) in [6, 6.07) is 0. The van der Waals surface area contributed by atoms with Crippen LogP contribution in [-0.2, 0) is 23.9 Å². The highest BCUT2D eigenvalue weighted by atomic mass is 32.1. The van der Waals surface area contributed by atoms with Crippen LogP contribution in [-0.4, -0.2) is 51.8 Å². The number of aliphatic carboxylic acids is 1. The Morgan fingerprint density at radius 2 is 1.65 bits per heavy atom. The first-order valence-electron chi connectivity index (χ1n) is 14.6. The number of carboxylic acid groups (broad SMARTS) is 1. The lowest BCUT2D eigenvalue weighted by molar-refractivity contribution is -0.143. The van der Waals surface area contributed by atoms with E-state index >= 15 is 0 Å². The first-order valence-corrected chi connectivity index (χ1v) is 15.2. The number of carbonyl (C=O) groups excluding carboxylic acids is 3. The van der Waals surface area contributed by atoms with Crippen molar-refractivity contribution in [2.24, 2.45) is 35.3 Å². The number of esters is 1. The van der Waals surface area contributed by atoms with Gasteiger partial charge < -0.3 is 20.7 Å².